The molecule has 1 aromatic rings. The maximum absolute atomic E-state index is 4.89. The summed E-state index contributed by atoms with van der Waals surface area (Å²) in [5, 5.41) is 3.50. The molecule has 0 spiro atoms. The Morgan fingerprint density at radius 1 is 1.24 bits per heavy atom. The molecule has 0 saturated carbocycles. The Kier molecular flexibility index (Phi) is 10.9. The number of halogens is 2. The van der Waals surface area contributed by atoms with E-state index in [2.05, 4.69) is 25.2 Å². The van der Waals surface area contributed by atoms with Gasteiger partial charge in [0.15, 0.2) is 0 Å². The third-order valence-corrected chi connectivity index (χ3v) is 2.95. The average molecular weight is 310 g/mol. The van der Waals surface area contributed by atoms with Gasteiger partial charge in [-0.3, -0.25) is 0 Å². The first-order valence-corrected chi connectivity index (χ1v) is 10.1. The van der Waals surface area contributed by atoms with Crippen LogP contribution in [0.25, 0.3) is 5.32 Å². The second-order valence-corrected chi connectivity index (χ2v) is 6.76. The van der Waals surface area contributed by atoms with E-state index in [1.807, 2.05) is 0 Å². The van der Waals surface area contributed by atoms with Gasteiger partial charge in [-0.1, -0.05) is 39.5 Å². The molecule has 0 bridgehead atoms. The van der Waals surface area contributed by atoms with Gasteiger partial charge in [-0.15, -0.1) is 0 Å². The Bertz CT molecular complexity index is 309. The SMILES string of the molecule is C[N-]C.Cc1cc2c([c-]1C)CCCC2.[Cl][Ti][Cl]. The third-order valence-electron chi connectivity index (χ3n) is 2.95. The summed E-state index contributed by atoms with van der Waals surface area (Å²) in [4.78, 5) is 0. The van der Waals surface area contributed by atoms with Crippen molar-refractivity contribution in [2.75, 3.05) is 14.1 Å². The van der Waals surface area contributed by atoms with Gasteiger partial charge in [0.1, 0.15) is 0 Å². The third kappa shape index (κ3) is 6.36. The molecule has 98 valence electrons. The van der Waals surface area contributed by atoms with Crippen molar-refractivity contribution in [1.29, 1.82) is 0 Å². The normalized spacial score (nSPS) is 12.6. The molecular formula is C13H21Cl2NTi-2. The quantitative estimate of drug-likeness (QED) is 0.478. The molecule has 0 N–H and O–H groups in total. The van der Waals surface area contributed by atoms with Crippen molar-refractivity contribution in [1.82, 2.24) is 0 Å². The van der Waals surface area contributed by atoms with E-state index in [4.69, 9.17) is 18.6 Å². The molecule has 4 heteroatoms. The summed E-state index contributed by atoms with van der Waals surface area (Å²) >= 11 is -0.556. The average Bonchev–Trinajstić information content (AvgIpc) is 2.58. The van der Waals surface area contributed by atoms with Crippen LogP contribution in [0.4, 0.5) is 0 Å². The Morgan fingerprint density at radius 2 is 1.71 bits per heavy atom. The minimum absolute atomic E-state index is 0.556. The zero-order valence-corrected chi connectivity index (χ0v) is 14.2. The van der Waals surface area contributed by atoms with Gasteiger partial charge < -0.3 is 5.32 Å². The van der Waals surface area contributed by atoms with Crippen molar-refractivity contribution < 1.29 is 17.0 Å². The molecule has 0 fully saturated rings. The molecule has 1 nitrogen and oxygen atoms in total. The predicted octanol–water partition coefficient (Wildman–Crippen LogP) is 4.90. The van der Waals surface area contributed by atoms with Crippen LogP contribution in [0.2, 0.25) is 0 Å². The molecule has 1 aromatic carbocycles. The van der Waals surface area contributed by atoms with Crippen LogP contribution in [0.15, 0.2) is 6.07 Å². The van der Waals surface area contributed by atoms with Crippen LogP contribution in [0.5, 0.6) is 0 Å². The fourth-order valence-electron chi connectivity index (χ4n) is 2.12. The van der Waals surface area contributed by atoms with E-state index in [9.17, 15) is 0 Å². The van der Waals surface area contributed by atoms with Crippen molar-refractivity contribution in [2.45, 2.75) is 39.5 Å². The Hall–Kier alpha value is 0.604. The molecule has 0 aliphatic heterocycles. The standard InChI is InChI=1S/C11H15.C2H6N.2ClH.Ti/c1-8-7-10-5-3-4-6-11(10)9(8)2;1-3-2;;;/h7H,3-6H2,1-2H3;1-2H3;2*1H;/q2*-1;;;+2/p-2. The van der Waals surface area contributed by atoms with Gasteiger partial charge in [0.05, 0.1) is 0 Å². The van der Waals surface area contributed by atoms with E-state index in [0.29, 0.717) is 0 Å². The molecular weight excluding hydrogens is 289 g/mol. The number of hydrogen-bond donors (Lipinski definition) is 0. The number of rotatable bonds is 0. The van der Waals surface area contributed by atoms with Crippen LogP contribution >= 0.6 is 18.6 Å². The second-order valence-electron chi connectivity index (χ2n) is 4.18. The van der Waals surface area contributed by atoms with Crippen LogP contribution in [-0.4, -0.2) is 14.1 Å². The van der Waals surface area contributed by atoms with E-state index >= 15 is 0 Å². The molecule has 2 rings (SSSR count). The molecule has 0 saturated heterocycles. The van der Waals surface area contributed by atoms with Crippen molar-refractivity contribution >= 4 is 18.6 Å². The first-order chi connectivity index (χ1) is 8.12. The van der Waals surface area contributed by atoms with Crippen LogP contribution in [-0.2, 0) is 29.9 Å². The summed E-state index contributed by atoms with van der Waals surface area (Å²) in [6.07, 6.45) is 5.45. The molecule has 0 aromatic heterocycles. The first kappa shape index (κ1) is 17.6. The summed E-state index contributed by atoms with van der Waals surface area (Å²) in [6, 6.07) is 2.38. The monoisotopic (exact) mass is 309 g/mol. The van der Waals surface area contributed by atoms with Gasteiger partial charge in [-0.05, 0) is 0 Å². The van der Waals surface area contributed by atoms with Gasteiger partial charge in [-0.2, -0.15) is 36.3 Å². The molecule has 0 atom stereocenters. The number of fused-ring (bicyclic) bond motifs is 1. The van der Waals surface area contributed by atoms with Crippen LogP contribution in [0.1, 0.15) is 35.1 Å². The van der Waals surface area contributed by atoms with Crippen LogP contribution in [0, 0.1) is 13.8 Å². The molecule has 1 aliphatic carbocycles. The van der Waals surface area contributed by atoms with E-state index in [1.54, 1.807) is 30.8 Å². The Labute approximate surface area is 122 Å². The van der Waals surface area contributed by atoms with Crippen molar-refractivity contribution in [3.8, 4) is 0 Å². The molecule has 0 radical (unpaired) electrons. The van der Waals surface area contributed by atoms with Gasteiger partial charge in [0.2, 0.25) is 0 Å². The van der Waals surface area contributed by atoms with Crippen LogP contribution < -0.4 is 0 Å². The fourth-order valence-corrected chi connectivity index (χ4v) is 2.12. The number of nitrogens with zero attached hydrogens (tertiary/aromatic N) is 1. The molecule has 1 aliphatic rings. The van der Waals surface area contributed by atoms with Gasteiger partial charge in [0, 0.05) is 0 Å². The van der Waals surface area contributed by atoms with E-state index < -0.39 is 17.0 Å². The number of aryl methyl sites for hydroxylation is 2. The second kappa shape index (κ2) is 10.5. The van der Waals surface area contributed by atoms with Gasteiger partial charge >= 0.3 is 35.6 Å². The summed E-state index contributed by atoms with van der Waals surface area (Å²) in [5.41, 5.74) is 6.34. The van der Waals surface area contributed by atoms with E-state index in [1.165, 1.54) is 31.2 Å². The van der Waals surface area contributed by atoms with Crippen molar-refractivity contribution in [2.24, 2.45) is 0 Å². The summed E-state index contributed by atoms with van der Waals surface area (Å²) in [7, 11) is 13.3. The summed E-state index contributed by atoms with van der Waals surface area (Å²) < 4.78 is 0. The number of hydrogen-bond acceptors (Lipinski definition) is 0. The van der Waals surface area contributed by atoms with Crippen LogP contribution in [0.3, 0.4) is 0 Å². The predicted molar refractivity (Wildman–Crippen MR) is 75.1 cm³/mol. The van der Waals surface area contributed by atoms with Crippen molar-refractivity contribution in [3.63, 3.8) is 0 Å². The molecule has 0 heterocycles. The summed E-state index contributed by atoms with van der Waals surface area (Å²) in [5.74, 6) is 0. The van der Waals surface area contributed by atoms with Gasteiger partial charge in [0.25, 0.3) is 0 Å². The molecule has 0 unspecified atom stereocenters. The van der Waals surface area contributed by atoms with Crippen molar-refractivity contribution in [3.05, 3.63) is 33.6 Å². The Morgan fingerprint density at radius 3 is 2.18 bits per heavy atom. The van der Waals surface area contributed by atoms with Gasteiger partial charge in [-0.25, -0.2) is 6.07 Å². The maximum atomic E-state index is 4.89. The van der Waals surface area contributed by atoms with E-state index in [-0.39, 0.29) is 0 Å². The zero-order chi connectivity index (χ0) is 13.3. The zero-order valence-electron chi connectivity index (χ0n) is 11.1. The van der Waals surface area contributed by atoms with E-state index in [0.717, 1.165) is 0 Å². The minimum atomic E-state index is -0.556. The Balaban J connectivity index is 0.000000366. The topological polar surface area (TPSA) is 14.1 Å². The fraction of sp³-hybridized carbons (Fsp3) is 0.615. The summed E-state index contributed by atoms with van der Waals surface area (Å²) in [6.45, 7) is 4.49. The first-order valence-electron chi connectivity index (χ1n) is 5.81. The molecule has 0 amide bonds. The molecule has 17 heavy (non-hydrogen) atoms.